The molecule has 1 unspecified atom stereocenters. The van der Waals surface area contributed by atoms with Gasteiger partial charge in [-0.1, -0.05) is 18.6 Å². The second-order valence-corrected chi connectivity index (χ2v) is 6.72. The fraction of sp³-hybridized carbons (Fsp3) is 0.684. The lowest BCUT2D eigenvalue weighted by Crippen LogP contribution is -2.42. The number of piperidine rings is 1. The summed E-state index contributed by atoms with van der Waals surface area (Å²) in [6, 6.07) is 8.83. The van der Waals surface area contributed by atoms with Crippen molar-refractivity contribution in [2.24, 2.45) is 0 Å². The molecule has 0 spiro atoms. The average Bonchev–Trinajstić information content (AvgIpc) is 2.62. The van der Waals surface area contributed by atoms with Gasteiger partial charge < -0.3 is 14.6 Å². The van der Waals surface area contributed by atoms with E-state index < -0.39 is 0 Å². The van der Waals surface area contributed by atoms with Gasteiger partial charge in [-0.25, -0.2) is 0 Å². The Morgan fingerprint density at radius 1 is 1.13 bits per heavy atom. The van der Waals surface area contributed by atoms with E-state index in [0.717, 1.165) is 51.1 Å². The molecule has 0 aliphatic carbocycles. The first-order valence-corrected chi connectivity index (χ1v) is 9.03. The minimum atomic E-state index is 0.202. The lowest BCUT2D eigenvalue weighted by Gasteiger charge is -2.34. The molecule has 2 heterocycles. The molecule has 128 valence electrons. The van der Waals surface area contributed by atoms with E-state index >= 15 is 0 Å². The number of aliphatic hydroxyl groups excluding tert-OH is 1. The molecule has 0 radical (unpaired) electrons. The summed E-state index contributed by atoms with van der Waals surface area (Å²) >= 11 is 0. The molecule has 23 heavy (non-hydrogen) atoms. The molecule has 2 atom stereocenters. The van der Waals surface area contributed by atoms with Gasteiger partial charge in [-0.3, -0.25) is 4.90 Å². The predicted octanol–water partition coefficient (Wildman–Crippen LogP) is 2.63. The van der Waals surface area contributed by atoms with Crippen LogP contribution in [-0.4, -0.2) is 55.1 Å². The molecule has 2 aliphatic rings. The Balaban J connectivity index is 1.47. The van der Waals surface area contributed by atoms with Gasteiger partial charge in [-0.05, 0) is 56.3 Å². The third-order valence-electron chi connectivity index (χ3n) is 4.99. The van der Waals surface area contributed by atoms with Crippen LogP contribution in [0.4, 0.5) is 0 Å². The zero-order chi connectivity index (χ0) is 15.9. The van der Waals surface area contributed by atoms with Crippen LogP contribution in [0, 0.1) is 0 Å². The average molecular weight is 319 g/mol. The molecule has 1 N–H and O–H groups in total. The Morgan fingerprint density at radius 3 is 2.74 bits per heavy atom. The van der Waals surface area contributed by atoms with Gasteiger partial charge in [-0.15, -0.1) is 0 Å². The summed E-state index contributed by atoms with van der Waals surface area (Å²) < 4.78 is 11.4. The lowest BCUT2D eigenvalue weighted by molar-refractivity contribution is 0.00742. The van der Waals surface area contributed by atoms with Gasteiger partial charge in [-0.2, -0.15) is 0 Å². The lowest BCUT2D eigenvalue weighted by atomic mass is 10.0. The number of aliphatic hydroxyl groups is 1. The van der Waals surface area contributed by atoms with E-state index in [1.807, 2.05) is 0 Å². The van der Waals surface area contributed by atoms with Crippen molar-refractivity contribution in [3.05, 3.63) is 29.8 Å². The third kappa shape index (κ3) is 4.93. The number of nitrogens with zero attached hydrogens (tertiary/aromatic N) is 1. The highest BCUT2D eigenvalue weighted by Crippen LogP contribution is 2.20. The largest absolute Gasteiger partial charge is 0.488 e. The van der Waals surface area contributed by atoms with E-state index in [9.17, 15) is 5.11 Å². The van der Waals surface area contributed by atoms with Gasteiger partial charge in [0.2, 0.25) is 0 Å². The quantitative estimate of drug-likeness (QED) is 0.875. The number of likely N-dealkylation sites (tertiary alicyclic amines) is 1. The molecule has 1 aromatic carbocycles. The van der Waals surface area contributed by atoms with Crippen molar-refractivity contribution < 1.29 is 14.6 Å². The normalized spacial score (nSPS) is 26.1. The first-order chi connectivity index (χ1) is 11.3. The summed E-state index contributed by atoms with van der Waals surface area (Å²) in [6.45, 7) is 4.01. The predicted molar refractivity (Wildman–Crippen MR) is 90.9 cm³/mol. The van der Waals surface area contributed by atoms with Gasteiger partial charge in [0, 0.05) is 19.2 Å². The van der Waals surface area contributed by atoms with E-state index in [4.69, 9.17) is 9.47 Å². The minimum absolute atomic E-state index is 0.202. The van der Waals surface area contributed by atoms with Crippen LogP contribution in [0.1, 0.15) is 37.7 Å². The van der Waals surface area contributed by atoms with Gasteiger partial charge in [0.1, 0.15) is 11.9 Å². The molecule has 2 fully saturated rings. The zero-order valence-electron chi connectivity index (χ0n) is 14.0. The van der Waals surface area contributed by atoms with E-state index in [-0.39, 0.29) is 12.7 Å². The second-order valence-electron chi connectivity index (χ2n) is 6.72. The van der Waals surface area contributed by atoms with Crippen LogP contribution in [0.25, 0.3) is 0 Å². The third-order valence-corrected chi connectivity index (χ3v) is 4.99. The molecule has 0 amide bonds. The van der Waals surface area contributed by atoms with E-state index in [0.29, 0.717) is 12.6 Å². The van der Waals surface area contributed by atoms with Crippen molar-refractivity contribution in [2.45, 2.75) is 50.7 Å². The molecule has 1 aromatic rings. The first-order valence-electron chi connectivity index (χ1n) is 9.03. The zero-order valence-corrected chi connectivity index (χ0v) is 14.0. The maximum absolute atomic E-state index is 9.48. The number of hydrogen-bond donors (Lipinski definition) is 1. The molecule has 0 aromatic heterocycles. The van der Waals surface area contributed by atoms with Crippen molar-refractivity contribution in [1.29, 1.82) is 0 Å². The van der Waals surface area contributed by atoms with Gasteiger partial charge >= 0.3 is 0 Å². The summed E-state index contributed by atoms with van der Waals surface area (Å²) in [4.78, 5) is 2.44. The van der Waals surface area contributed by atoms with Gasteiger partial charge in [0.05, 0.1) is 13.2 Å². The van der Waals surface area contributed by atoms with Crippen molar-refractivity contribution in [3.63, 3.8) is 0 Å². The number of hydrogen-bond acceptors (Lipinski definition) is 4. The summed E-state index contributed by atoms with van der Waals surface area (Å²) in [5.41, 5.74) is 1.33. The second kappa shape index (κ2) is 8.67. The van der Waals surface area contributed by atoms with E-state index in [1.165, 1.54) is 18.4 Å². The Kier molecular flexibility index (Phi) is 6.31. The monoisotopic (exact) mass is 319 g/mol. The Bertz CT molecular complexity index is 456. The van der Waals surface area contributed by atoms with Crippen molar-refractivity contribution in [1.82, 2.24) is 4.90 Å². The molecule has 0 bridgehead atoms. The molecule has 2 aliphatic heterocycles. The molecular weight excluding hydrogens is 290 g/mol. The fourth-order valence-electron chi connectivity index (χ4n) is 3.57. The van der Waals surface area contributed by atoms with E-state index in [1.54, 1.807) is 0 Å². The number of ether oxygens (including phenoxy) is 2. The van der Waals surface area contributed by atoms with Gasteiger partial charge in [0.25, 0.3) is 0 Å². The topological polar surface area (TPSA) is 41.9 Å². The van der Waals surface area contributed by atoms with Crippen LogP contribution in [0.3, 0.4) is 0 Å². The van der Waals surface area contributed by atoms with Crippen LogP contribution in [0.2, 0.25) is 0 Å². The number of benzene rings is 1. The van der Waals surface area contributed by atoms with Crippen molar-refractivity contribution in [3.8, 4) is 5.75 Å². The standard InChI is InChI=1S/C19H29NO3/c21-14-17-4-1-2-11-20(17)12-10-16-6-8-18(9-7-16)23-19-5-3-13-22-15-19/h6-9,17,19,21H,1-5,10-15H2/t17-,19?/m0/s1. The minimum Gasteiger partial charge on any atom is -0.488 e. The fourth-order valence-corrected chi connectivity index (χ4v) is 3.57. The maximum atomic E-state index is 9.48. The summed E-state index contributed by atoms with van der Waals surface area (Å²) in [7, 11) is 0. The van der Waals surface area contributed by atoms with Crippen LogP contribution in [-0.2, 0) is 11.2 Å². The SMILES string of the molecule is OC[C@@H]1CCCCN1CCc1ccc(OC2CCCOC2)cc1. The Labute approximate surface area is 139 Å². The summed E-state index contributed by atoms with van der Waals surface area (Å²) in [5.74, 6) is 0.940. The van der Waals surface area contributed by atoms with Crippen LogP contribution in [0.15, 0.2) is 24.3 Å². The van der Waals surface area contributed by atoms with Crippen molar-refractivity contribution in [2.75, 3.05) is 32.9 Å². The molecule has 4 heteroatoms. The smallest absolute Gasteiger partial charge is 0.122 e. The maximum Gasteiger partial charge on any atom is 0.122 e. The molecule has 4 nitrogen and oxygen atoms in total. The Hall–Kier alpha value is -1.10. The molecule has 2 saturated heterocycles. The van der Waals surface area contributed by atoms with Crippen LogP contribution in [0.5, 0.6) is 5.75 Å². The van der Waals surface area contributed by atoms with Crippen LogP contribution < -0.4 is 4.74 Å². The highest BCUT2D eigenvalue weighted by Gasteiger charge is 2.21. The highest BCUT2D eigenvalue weighted by atomic mass is 16.5. The summed E-state index contributed by atoms with van der Waals surface area (Å²) in [5, 5.41) is 9.48. The summed E-state index contributed by atoms with van der Waals surface area (Å²) in [6.07, 6.45) is 7.04. The molecule has 0 saturated carbocycles. The number of rotatable bonds is 6. The molecule has 3 rings (SSSR count). The van der Waals surface area contributed by atoms with Crippen molar-refractivity contribution >= 4 is 0 Å². The first kappa shape index (κ1) is 16.7. The van der Waals surface area contributed by atoms with Gasteiger partial charge in [0.15, 0.2) is 0 Å². The Morgan fingerprint density at radius 2 is 2.00 bits per heavy atom. The van der Waals surface area contributed by atoms with Crippen LogP contribution >= 0.6 is 0 Å². The van der Waals surface area contributed by atoms with E-state index in [2.05, 4.69) is 29.2 Å². The molecular formula is C19H29NO3. The highest BCUT2D eigenvalue weighted by molar-refractivity contribution is 5.27.